The Morgan fingerprint density at radius 1 is 0.957 bits per heavy atom. The van der Waals surface area contributed by atoms with Gasteiger partial charge in [-0.05, 0) is 98.2 Å². The fourth-order valence-electron chi connectivity index (χ4n) is 10.9. The predicted molar refractivity (Wildman–Crippen MR) is 270 cm³/mol. The van der Waals surface area contributed by atoms with Gasteiger partial charge in [-0.1, -0.05) is 107 Å². The highest BCUT2D eigenvalue weighted by Gasteiger charge is 2.66. The van der Waals surface area contributed by atoms with Crippen molar-refractivity contribution in [3.63, 3.8) is 0 Å². The van der Waals surface area contributed by atoms with Crippen molar-refractivity contribution in [1.82, 2.24) is 10.2 Å². The fraction of sp³-hybridized carbons (Fsp3) is 0.655. The number of aliphatic hydroxyl groups is 2. The Kier molecular flexibility index (Phi) is 23.1. The van der Waals surface area contributed by atoms with Crippen molar-refractivity contribution in [2.75, 3.05) is 45.5 Å². The van der Waals surface area contributed by atoms with E-state index in [4.69, 9.17) is 45.3 Å². The highest BCUT2D eigenvalue weighted by molar-refractivity contribution is 6.18. The number of alkyl halides is 1. The summed E-state index contributed by atoms with van der Waals surface area (Å²) in [4.78, 5) is 35.8. The maximum Gasteiger partial charge on any atom is 0.412 e. The molecule has 2 fully saturated rings. The molecule has 3 N–H and O–H groups in total. The van der Waals surface area contributed by atoms with Crippen molar-refractivity contribution in [2.45, 2.75) is 166 Å². The smallest absolute Gasteiger partial charge is 0.412 e. The first kappa shape index (κ1) is 55.1. The molecular weight excluding hydrogens is 917 g/mol. The van der Waals surface area contributed by atoms with Gasteiger partial charge in [-0.2, -0.15) is 0 Å². The number of fused-ring (bicyclic) bond motifs is 2. The number of unbranched alkanes of at least 4 members (excludes halogenated alkanes) is 11. The number of allylic oxidation sites excluding steroid dienone is 1. The topological polar surface area (TPSA) is 158 Å². The van der Waals surface area contributed by atoms with Crippen molar-refractivity contribution >= 4 is 29.5 Å². The molecule has 6 rings (SSSR count). The van der Waals surface area contributed by atoms with Crippen molar-refractivity contribution in [3.05, 3.63) is 83.7 Å². The van der Waals surface area contributed by atoms with E-state index in [0.29, 0.717) is 55.2 Å². The molecule has 1 saturated heterocycles. The largest absolute Gasteiger partial charge is 0.459 e. The highest BCUT2D eigenvalue weighted by Crippen LogP contribution is 2.62. The molecule has 2 aliphatic carbocycles. The summed E-state index contributed by atoms with van der Waals surface area (Å²) in [5.41, 5.74) is 2.88. The number of nitrogens with zero attached hydrogens (tertiary/aromatic N) is 2. The van der Waals surface area contributed by atoms with E-state index >= 15 is 0 Å². The zero-order chi connectivity index (χ0) is 49.6. The summed E-state index contributed by atoms with van der Waals surface area (Å²) in [6.07, 6.45) is 20.9. The minimum absolute atomic E-state index is 0.00250. The lowest BCUT2D eigenvalue weighted by atomic mass is 9.55. The number of ether oxygens (including phenoxy) is 5. The molecule has 15 heteroatoms. The van der Waals surface area contributed by atoms with E-state index in [9.17, 15) is 24.2 Å². The number of carbonyl (C=O) groups is 2. The van der Waals surface area contributed by atoms with Crippen LogP contribution in [0, 0.1) is 23.6 Å². The van der Waals surface area contributed by atoms with Crippen LogP contribution >= 0.6 is 11.6 Å². The average Bonchev–Trinajstić information content (AvgIpc) is 3.37. The predicted octanol–water partition coefficient (Wildman–Crippen LogP) is 11.9. The summed E-state index contributed by atoms with van der Waals surface area (Å²) < 4.78 is 46.5. The summed E-state index contributed by atoms with van der Waals surface area (Å²) in [5.74, 6) is -2.16. The second kappa shape index (κ2) is 29.3. The lowest BCUT2D eigenvalue weighted by Gasteiger charge is -2.59. The first-order chi connectivity index (χ1) is 34.3. The molecule has 2 amide bonds. The van der Waals surface area contributed by atoms with E-state index in [1.807, 2.05) is 6.07 Å². The first-order valence-corrected chi connectivity index (χ1v) is 26.9. The Morgan fingerprint density at radius 3 is 2.37 bits per heavy atom. The van der Waals surface area contributed by atoms with Gasteiger partial charge >= 0.3 is 12.2 Å². The van der Waals surface area contributed by atoms with E-state index < -0.39 is 42.0 Å². The Labute approximate surface area is 420 Å². The normalized spacial score (nSPS) is 24.1. The molecule has 0 aromatic heterocycles. The standard InChI is InChI=1S/C55H79ClFN3O10/c1-3-5-6-7-8-9-10-11-12-16-30-58-53(63)68-43-27-28-48-46(37-43)51-44(21-14-18-32-62)41(20-13-17-31-61)36-45-47(59-70-50-22-15-19-34-65-50)38-49(55(69-48,52(45)51)67-33-4-2)60(54(64)66-35-29-56)39-40-23-25-42(57)26-24-40/h4,23-28,36-37,41,44,49-52,61-62H,2-3,5-22,29-35,38-39H2,1H3,(H,58,63). The number of benzene rings is 2. The molecule has 13 nitrogen and oxygen atoms in total. The van der Waals surface area contributed by atoms with Crippen LogP contribution in [0.1, 0.15) is 152 Å². The van der Waals surface area contributed by atoms with Crippen LogP contribution in [0.5, 0.6) is 11.5 Å². The van der Waals surface area contributed by atoms with Crippen LogP contribution < -0.4 is 14.8 Å². The maximum absolute atomic E-state index is 14.6. The van der Waals surface area contributed by atoms with Crippen LogP contribution in [0.3, 0.4) is 0 Å². The number of carbonyl (C=O) groups excluding carboxylic acids is 2. The van der Waals surface area contributed by atoms with E-state index in [-0.39, 0.29) is 63.0 Å². The Balaban J connectivity index is 1.42. The van der Waals surface area contributed by atoms with E-state index in [1.165, 1.54) is 57.1 Å². The summed E-state index contributed by atoms with van der Waals surface area (Å²) in [7, 11) is 0. The molecule has 2 aliphatic heterocycles. The number of oxime groups is 1. The molecule has 0 spiro atoms. The van der Waals surface area contributed by atoms with Crippen LogP contribution in [0.15, 0.2) is 71.9 Å². The number of hydrogen-bond donors (Lipinski definition) is 3. The molecule has 0 radical (unpaired) electrons. The van der Waals surface area contributed by atoms with E-state index in [1.54, 1.807) is 35.2 Å². The number of rotatable bonds is 30. The van der Waals surface area contributed by atoms with Gasteiger partial charge in [0, 0.05) is 50.6 Å². The zero-order valence-electron chi connectivity index (χ0n) is 41.5. The van der Waals surface area contributed by atoms with E-state index in [0.717, 1.165) is 68.9 Å². The molecule has 7 atom stereocenters. The molecule has 7 unspecified atom stereocenters. The van der Waals surface area contributed by atoms with Crippen molar-refractivity contribution in [3.8, 4) is 11.5 Å². The monoisotopic (exact) mass is 996 g/mol. The summed E-state index contributed by atoms with van der Waals surface area (Å²) >= 11 is 6.10. The van der Waals surface area contributed by atoms with Gasteiger partial charge in [0.15, 0.2) is 0 Å². The van der Waals surface area contributed by atoms with Crippen LogP contribution in [-0.4, -0.2) is 96.6 Å². The third-order valence-corrected chi connectivity index (χ3v) is 14.4. The number of amides is 2. The molecule has 2 heterocycles. The second-order valence-corrected chi connectivity index (χ2v) is 19.6. The molecular formula is C55H79ClFN3O10. The van der Waals surface area contributed by atoms with Gasteiger partial charge in [0.2, 0.25) is 12.1 Å². The molecule has 2 aromatic rings. The van der Waals surface area contributed by atoms with Crippen molar-refractivity contribution in [1.29, 1.82) is 0 Å². The van der Waals surface area contributed by atoms with Gasteiger partial charge in [0.05, 0.1) is 30.7 Å². The Hall–Kier alpha value is -4.21. The lowest BCUT2D eigenvalue weighted by Crippen LogP contribution is -2.70. The minimum atomic E-state index is -1.59. The van der Waals surface area contributed by atoms with Crippen molar-refractivity contribution < 1.29 is 52.7 Å². The van der Waals surface area contributed by atoms with Gasteiger partial charge in [-0.15, -0.1) is 18.2 Å². The van der Waals surface area contributed by atoms with Gasteiger partial charge in [0.1, 0.15) is 30.0 Å². The maximum atomic E-state index is 14.6. The third kappa shape index (κ3) is 15.2. The van der Waals surface area contributed by atoms with Gasteiger partial charge in [0.25, 0.3) is 0 Å². The third-order valence-electron chi connectivity index (χ3n) is 14.3. The Morgan fingerprint density at radius 2 is 1.69 bits per heavy atom. The number of nitrogens with one attached hydrogen (secondary N) is 1. The summed E-state index contributed by atoms with van der Waals surface area (Å²) in [6.45, 7) is 7.41. The van der Waals surface area contributed by atoms with Gasteiger partial charge < -0.3 is 44.1 Å². The molecule has 0 bridgehead atoms. The minimum Gasteiger partial charge on any atom is -0.459 e. The fourth-order valence-corrected chi connectivity index (χ4v) is 10.9. The summed E-state index contributed by atoms with van der Waals surface area (Å²) in [5, 5.41) is 27.9. The summed E-state index contributed by atoms with van der Waals surface area (Å²) in [6, 6.07) is 10.5. The second-order valence-electron chi connectivity index (χ2n) is 19.2. The first-order valence-electron chi connectivity index (χ1n) is 26.3. The molecule has 4 aliphatic rings. The van der Waals surface area contributed by atoms with Gasteiger partial charge in [-0.25, -0.2) is 14.0 Å². The lowest BCUT2D eigenvalue weighted by molar-refractivity contribution is -0.256. The highest BCUT2D eigenvalue weighted by atomic mass is 35.5. The van der Waals surface area contributed by atoms with Gasteiger partial charge in [-0.3, -0.25) is 4.90 Å². The molecule has 1 saturated carbocycles. The van der Waals surface area contributed by atoms with Crippen LogP contribution in [0.25, 0.3) is 0 Å². The quantitative estimate of drug-likeness (QED) is 0.0298. The van der Waals surface area contributed by atoms with Crippen molar-refractivity contribution in [2.24, 2.45) is 22.9 Å². The molecule has 70 heavy (non-hydrogen) atoms. The van der Waals surface area contributed by atoms with Crippen LogP contribution in [0.2, 0.25) is 0 Å². The van der Waals surface area contributed by atoms with Crippen LogP contribution in [0.4, 0.5) is 14.0 Å². The zero-order valence-corrected chi connectivity index (χ0v) is 42.2. The number of aliphatic hydroxyl groups excluding tert-OH is 2. The van der Waals surface area contributed by atoms with E-state index in [2.05, 4.69) is 24.9 Å². The van der Waals surface area contributed by atoms with Crippen LogP contribution in [-0.2, 0) is 25.6 Å². The SMILES string of the molecule is C=CCOC12Oc3ccc(OC(=O)NCCCCCCCCCCCC)cc3C3C(CCCCO)C(CCCCO)C=C(C(=NOC4CCCCO4)CC1N(Cc1ccc(F)cc1)C(=O)OCCCl)C32. The number of halogens is 2. The number of hydrogen-bond acceptors (Lipinski definition) is 11. The molecule has 2 aromatic carbocycles. The Bertz CT molecular complexity index is 1980. The molecule has 388 valence electrons. The average molecular weight is 997 g/mol.